The van der Waals surface area contributed by atoms with E-state index < -0.39 is 5.41 Å². The highest BCUT2D eigenvalue weighted by Crippen LogP contribution is 2.55. The molecular formula is C51H34N2O. The van der Waals surface area contributed by atoms with Crippen molar-refractivity contribution in [1.29, 1.82) is 0 Å². The predicted octanol–water partition coefficient (Wildman–Crippen LogP) is 12.8. The van der Waals surface area contributed by atoms with Gasteiger partial charge in [-0.25, -0.2) is 9.97 Å². The largest absolute Gasteiger partial charge is 0.457 e. The number of aromatic nitrogens is 2. The molecule has 54 heavy (non-hydrogen) atoms. The summed E-state index contributed by atoms with van der Waals surface area (Å²) >= 11 is 0. The molecule has 0 radical (unpaired) electrons. The van der Waals surface area contributed by atoms with E-state index in [1.54, 1.807) is 0 Å². The summed E-state index contributed by atoms with van der Waals surface area (Å²) in [4.78, 5) is 10.3. The SMILES string of the molecule is c1ccc(-c2nc(-c3cccc(-c4ccc(C5(c6ccccc6)c6ccccc6Oc6ccccc65)cc4)c3)cc(-c3cccc4ccccc34)n2)cc1. The van der Waals surface area contributed by atoms with Crippen LogP contribution in [0.5, 0.6) is 11.5 Å². The van der Waals surface area contributed by atoms with Gasteiger partial charge in [0, 0.05) is 27.8 Å². The Labute approximate surface area is 314 Å². The van der Waals surface area contributed by atoms with E-state index in [4.69, 9.17) is 14.7 Å². The molecule has 0 aliphatic carbocycles. The van der Waals surface area contributed by atoms with E-state index in [2.05, 4.69) is 176 Å². The van der Waals surface area contributed by atoms with Crippen molar-refractivity contribution in [3.63, 3.8) is 0 Å². The van der Waals surface area contributed by atoms with Crippen molar-refractivity contribution in [3.8, 4) is 56.5 Å². The van der Waals surface area contributed by atoms with Crippen LogP contribution >= 0.6 is 0 Å². The second-order valence-electron chi connectivity index (χ2n) is 13.7. The summed E-state index contributed by atoms with van der Waals surface area (Å²) in [5.41, 5.74) is 11.2. The van der Waals surface area contributed by atoms with Gasteiger partial charge in [-0.05, 0) is 57.3 Å². The molecule has 254 valence electrons. The van der Waals surface area contributed by atoms with E-state index >= 15 is 0 Å². The van der Waals surface area contributed by atoms with Crippen LogP contribution in [0.3, 0.4) is 0 Å². The lowest BCUT2D eigenvalue weighted by molar-refractivity contribution is 0.434. The Morgan fingerprint density at radius 2 is 0.926 bits per heavy atom. The van der Waals surface area contributed by atoms with Gasteiger partial charge in [0.25, 0.3) is 0 Å². The summed E-state index contributed by atoms with van der Waals surface area (Å²) in [6.07, 6.45) is 0. The molecule has 3 heteroatoms. The van der Waals surface area contributed by atoms with Gasteiger partial charge in [-0.1, -0.05) is 182 Å². The van der Waals surface area contributed by atoms with Crippen molar-refractivity contribution < 1.29 is 4.74 Å². The number of hydrogen-bond donors (Lipinski definition) is 0. The number of para-hydroxylation sites is 2. The maximum atomic E-state index is 6.51. The van der Waals surface area contributed by atoms with E-state index in [0.29, 0.717) is 5.82 Å². The zero-order valence-corrected chi connectivity index (χ0v) is 29.4. The first-order valence-corrected chi connectivity index (χ1v) is 18.3. The van der Waals surface area contributed by atoms with Crippen LogP contribution in [-0.4, -0.2) is 9.97 Å². The molecule has 10 rings (SSSR count). The van der Waals surface area contributed by atoms with Crippen LogP contribution < -0.4 is 4.74 Å². The van der Waals surface area contributed by atoms with Gasteiger partial charge in [0.1, 0.15) is 11.5 Å². The van der Waals surface area contributed by atoms with Crippen molar-refractivity contribution in [2.24, 2.45) is 0 Å². The Hall–Kier alpha value is -7.10. The first-order valence-electron chi connectivity index (χ1n) is 18.3. The van der Waals surface area contributed by atoms with Crippen molar-refractivity contribution in [2.75, 3.05) is 0 Å². The molecular weight excluding hydrogens is 657 g/mol. The molecule has 0 unspecified atom stereocenters. The van der Waals surface area contributed by atoms with Gasteiger partial charge < -0.3 is 4.74 Å². The van der Waals surface area contributed by atoms with Gasteiger partial charge in [0.2, 0.25) is 0 Å². The molecule has 0 fully saturated rings. The fraction of sp³-hybridized carbons (Fsp3) is 0.0196. The van der Waals surface area contributed by atoms with E-state index in [9.17, 15) is 0 Å². The standard InChI is InChI=1S/C51H34N2O/c1-3-16-37(17-4-1)50-52-46(34-47(53-50)43-24-14-18-36-15-7-8-23-42(36)43)39-20-13-19-38(33-39)35-29-31-41(32-30-35)51(40-21-5-2-6-22-40)44-25-9-11-27-48(44)54-49-28-12-10-26-45(49)51/h1-34H. The minimum atomic E-state index is -0.556. The minimum absolute atomic E-state index is 0.556. The fourth-order valence-corrected chi connectivity index (χ4v) is 8.14. The molecule has 0 N–H and O–H groups in total. The molecule has 0 spiro atoms. The van der Waals surface area contributed by atoms with Crippen LogP contribution in [0.4, 0.5) is 0 Å². The topological polar surface area (TPSA) is 35.0 Å². The van der Waals surface area contributed by atoms with Gasteiger partial charge in [-0.2, -0.15) is 0 Å². The summed E-state index contributed by atoms with van der Waals surface area (Å²) in [6, 6.07) is 72.6. The molecule has 2 heterocycles. The Morgan fingerprint density at radius 3 is 1.69 bits per heavy atom. The zero-order valence-electron chi connectivity index (χ0n) is 29.4. The lowest BCUT2D eigenvalue weighted by Gasteiger charge is -2.41. The predicted molar refractivity (Wildman–Crippen MR) is 220 cm³/mol. The number of ether oxygens (including phenoxy) is 1. The summed E-state index contributed by atoms with van der Waals surface area (Å²) < 4.78 is 6.51. The number of rotatable bonds is 6. The maximum Gasteiger partial charge on any atom is 0.160 e. The van der Waals surface area contributed by atoms with Gasteiger partial charge in [0.15, 0.2) is 5.82 Å². The van der Waals surface area contributed by atoms with Crippen molar-refractivity contribution in [3.05, 3.63) is 229 Å². The lowest BCUT2D eigenvalue weighted by atomic mass is 9.63. The van der Waals surface area contributed by atoms with Crippen LogP contribution in [0.2, 0.25) is 0 Å². The highest BCUT2D eigenvalue weighted by atomic mass is 16.5. The van der Waals surface area contributed by atoms with Crippen molar-refractivity contribution >= 4 is 10.8 Å². The highest BCUT2D eigenvalue weighted by Gasteiger charge is 2.45. The molecule has 1 aromatic heterocycles. The zero-order chi connectivity index (χ0) is 35.9. The average Bonchev–Trinajstić information content (AvgIpc) is 3.26. The summed E-state index contributed by atoms with van der Waals surface area (Å²) in [6.45, 7) is 0. The van der Waals surface area contributed by atoms with Gasteiger partial charge in [-0.3, -0.25) is 0 Å². The number of fused-ring (bicyclic) bond motifs is 3. The molecule has 0 bridgehead atoms. The summed E-state index contributed by atoms with van der Waals surface area (Å²) in [7, 11) is 0. The van der Waals surface area contributed by atoms with E-state index in [1.807, 2.05) is 30.3 Å². The Kier molecular flexibility index (Phi) is 7.70. The Morgan fingerprint density at radius 1 is 0.370 bits per heavy atom. The first kappa shape index (κ1) is 31.6. The molecule has 1 aliphatic heterocycles. The molecule has 9 aromatic rings. The molecule has 0 saturated carbocycles. The maximum absolute atomic E-state index is 6.51. The molecule has 0 amide bonds. The fourth-order valence-electron chi connectivity index (χ4n) is 8.14. The third kappa shape index (κ3) is 5.29. The van der Waals surface area contributed by atoms with Gasteiger partial charge in [-0.15, -0.1) is 0 Å². The normalized spacial score (nSPS) is 12.7. The van der Waals surface area contributed by atoms with Crippen LogP contribution in [0.15, 0.2) is 206 Å². The van der Waals surface area contributed by atoms with Crippen molar-refractivity contribution in [1.82, 2.24) is 9.97 Å². The van der Waals surface area contributed by atoms with Crippen LogP contribution in [0, 0.1) is 0 Å². The van der Waals surface area contributed by atoms with Gasteiger partial charge >= 0.3 is 0 Å². The third-order valence-electron chi connectivity index (χ3n) is 10.6. The monoisotopic (exact) mass is 690 g/mol. The van der Waals surface area contributed by atoms with E-state index in [1.165, 1.54) is 21.9 Å². The van der Waals surface area contributed by atoms with Crippen LogP contribution in [-0.2, 0) is 5.41 Å². The summed E-state index contributed by atoms with van der Waals surface area (Å²) in [5.74, 6) is 2.45. The van der Waals surface area contributed by atoms with Crippen molar-refractivity contribution in [2.45, 2.75) is 5.41 Å². The Bertz CT molecular complexity index is 2740. The second kappa shape index (κ2) is 13.1. The highest BCUT2D eigenvalue weighted by molar-refractivity contribution is 5.96. The van der Waals surface area contributed by atoms with E-state index in [-0.39, 0.29) is 0 Å². The smallest absolute Gasteiger partial charge is 0.160 e. The number of nitrogens with zero attached hydrogens (tertiary/aromatic N) is 2. The van der Waals surface area contributed by atoms with Crippen LogP contribution in [0.1, 0.15) is 22.3 Å². The number of benzene rings is 8. The molecule has 8 aromatic carbocycles. The molecule has 0 saturated heterocycles. The third-order valence-corrected chi connectivity index (χ3v) is 10.6. The summed E-state index contributed by atoms with van der Waals surface area (Å²) in [5, 5.41) is 2.35. The molecule has 3 nitrogen and oxygen atoms in total. The minimum Gasteiger partial charge on any atom is -0.457 e. The number of hydrogen-bond acceptors (Lipinski definition) is 3. The molecule has 0 atom stereocenters. The molecule has 1 aliphatic rings. The quantitative estimate of drug-likeness (QED) is 0.174. The average molecular weight is 691 g/mol. The van der Waals surface area contributed by atoms with Gasteiger partial charge in [0.05, 0.1) is 16.8 Å². The van der Waals surface area contributed by atoms with Crippen LogP contribution in [0.25, 0.3) is 55.8 Å². The first-order chi connectivity index (χ1) is 26.8. The van der Waals surface area contributed by atoms with E-state index in [0.717, 1.165) is 61.8 Å². The second-order valence-corrected chi connectivity index (χ2v) is 13.7. The lowest BCUT2D eigenvalue weighted by Crippen LogP contribution is -2.34. The Balaban J connectivity index is 1.10.